The molecular formula is C12H18BrN3OS. The molecule has 0 radical (unpaired) electrons. The fourth-order valence-electron chi connectivity index (χ4n) is 1.96. The molecule has 18 heavy (non-hydrogen) atoms. The van der Waals surface area contributed by atoms with Crippen LogP contribution in [0.2, 0.25) is 0 Å². The van der Waals surface area contributed by atoms with Gasteiger partial charge in [0.05, 0.1) is 3.79 Å². The average Bonchev–Trinajstić information content (AvgIpc) is 2.82. The van der Waals surface area contributed by atoms with Crippen LogP contribution in [0.25, 0.3) is 0 Å². The lowest BCUT2D eigenvalue weighted by Crippen LogP contribution is -2.50. The molecule has 0 spiro atoms. The van der Waals surface area contributed by atoms with Crippen molar-refractivity contribution in [1.29, 1.82) is 0 Å². The Morgan fingerprint density at radius 1 is 1.50 bits per heavy atom. The molecule has 0 saturated carbocycles. The van der Waals surface area contributed by atoms with Crippen LogP contribution in [0.3, 0.4) is 0 Å². The highest BCUT2D eigenvalue weighted by atomic mass is 79.9. The van der Waals surface area contributed by atoms with Gasteiger partial charge in [0.25, 0.3) is 0 Å². The van der Waals surface area contributed by atoms with E-state index in [0.717, 1.165) is 42.9 Å². The molecule has 1 aliphatic heterocycles. The molecule has 2 rings (SSSR count). The van der Waals surface area contributed by atoms with E-state index in [9.17, 15) is 4.79 Å². The SMILES string of the molecule is CN(CCc1ccc(Br)s1)C(=O)N1CCNCC1. The first-order chi connectivity index (χ1) is 8.66. The van der Waals surface area contributed by atoms with Crippen LogP contribution in [0.5, 0.6) is 0 Å². The molecule has 1 saturated heterocycles. The van der Waals surface area contributed by atoms with Crippen LogP contribution in [0.4, 0.5) is 4.79 Å². The fraction of sp³-hybridized carbons (Fsp3) is 0.583. The monoisotopic (exact) mass is 331 g/mol. The van der Waals surface area contributed by atoms with E-state index in [1.54, 1.807) is 11.3 Å². The molecule has 1 N–H and O–H groups in total. The van der Waals surface area contributed by atoms with Crippen molar-refractivity contribution in [1.82, 2.24) is 15.1 Å². The van der Waals surface area contributed by atoms with E-state index < -0.39 is 0 Å². The predicted octanol–water partition coefficient (Wildman–Crippen LogP) is 2.01. The number of rotatable bonds is 3. The molecule has 0 atom stereocenters. The van der Waals surface area contributed by atoms with E-state index in [1.807, 2.05) is 16.8 Å². The Kier molecular flexibility index (Phi) is 5.03. The molecule has 0 bridgehead atoms. The first kappa shape index (κ1) is 13.8. The van der Waals surface area contributed by atoms with Crippen LogP contribution in [-0.4, -0.2) is 55.6 Å². The molecule has 0 aromatic carbocycles. The molecule has 1 fully saturated rings. The van der Waals surface area contributed by atoms with E-state index in [0.29, 0.717) is 0 Å². The topological polar surface area (TPSA) is 35.6 Å². The Labute approximate surface area is 120 Å². The van der Waals surface area contributed by atoms with Gasteiger partial charge in [-0.15, -0.1) is 11.3 Å². The molecule has 1 aromatic heterocycles. The average molecular weight is 332 g/mol. The maximum Gasteiger partial charge on any atom is 0.319 e. The number of nitrogens with one attached hydrogen (secondary N) is 1. The van der Waals surface area contributed by atoms with E-state index in [2.05, 4.69) is 33.4 Å². The molecular weight excluding hydrogens is 314 g/mol. The largest absolute Gasteiger partial charge is 0.327 e. The summed E-state index contributed by atoms with van der Waals surface area (Å²) < 4.78 is 1.15. The van der Waals surface area contributed by atoms with Crippen molar-refractivity contribution in [2.45, 2.75) is 6.42 Å². The van der Waals surface area contributed by atoms with E-state index in [-0.39, 0.29) is 6.03 Å². The maximum atomic E-state index is 12.1. The van der Waals surface area contributed by atoms with Crippen molar-refractivity contribution in [2.24, 2.45) is 0 Å². The van der Waals surface area contributed by atoms with Crippen LogP contribution in [0.15, 0.2) is 15.9 Å². The Morgan fingerprint density at radius 2 is 2.22 bits per heavy atom. The third-order valence-electron chi connectivity index (χ3n) is 3.04. The molecule has 1 aliphatic rings. The van der Waals surface area contributed by atoms with Crippen molar-refractivity contribution < 1.29 is 4.79 Å². The number of halogens is 1. The summed E-state index contributed by atoms with van der Waals surface area (Å²) in [6.07, 6.45) is 0.921. The van der Waals surface area contributed by atoms with Crippen LogP contribution in [0.1, 0.15) is 4.88 Å². The number of carbonyl (C=O) groups excluding carboxylic acids is 1. The van der Waals surface area contributed by atoms with E-state index in [4.69, 9.17) is 0 Å². The van der Waals surface area contributed by atoms with Crippen molar-refractivity contribution in [2.75, 3.05) is 39.8 Å². The zero-order valence-corrected chi connectivity index (χ0v) is 12.9. The molecule has 0 aliphatic carbocycles. The number of thiophene rings is 1. The summed E-state index contributed by atoms with van der Waals surface area (Å²) >= 11 is 5.19. The Morgan fingerprint density at radius 3 is 2.83 bits per heavy atom. The summed E-state index contributed by atoms with van der Waals surface area (Å²) in [5.74, 6) is 0. The van der Waals surface area contributed by atoms with Gasteiger partial charge in [-0.05, 0) is 34.5 Å². The lowest BCUT2D eigenvalue weighted by molar-refractivity contribution is 0.156. The first-order valence-corrected chi connectivity index (χ1v) is 7.73. The second-order valence-corrected chi connectivity index (χ2v) is 6.94. The molecule has 2 heterocycles. The number of urea groups is 1. The lowest BCUT2D eigenvalue weighted by Gasteiger charge is -2.31. The van der Waals surface area contributed by atoms with Crippen LogP contribution >= 0.6 is 27.3 Å². The fourth-order valence-corrected chi connectivity index (χ4v) is 3.43. The summed E-state index contributed by atoms with van der Waals surface area (Å²) in [7, 11) is 1.88. The first-order valence-electron chi connectivity index (χ1n) is 6.12. The van der Waals surface area contributed by atoms with Gasteiger partial charge in [0.1, 0.15) is 0 Å². The zero-order chi connectivity index (χ0) is 13.0. The Bertz CT molecular complexity index is 404. The number of piperazine rings is 1. The highest BCUT2D eigenvalue weighted by Crippen LogP contribution is 2.22. The summed E-state index contributed by atoms with van der Waals surface area (Å²) in [6, 6.07) is 4.31. The number of carbonyl (C=O) groups is 1. The second kappa shape index (κ2) is 6.54. The standard InChI is InChI=1S/C12H18BrN3OS/c1-15(7-4-10-2-3-11(13)18-10)12(17)16-8-5-14-6-9-16/h2-3,14H,4-9H2,1H3. The smallest absolute Gasteiger partial charge is 0.319 e. The van der Waals surface area contributed by atoms with Crippen molar-refractivity contribution in [3.8, 4) is 0 Å². The zero-order valence-electron chi connectivity index (χ0n) is 10.5. The number of likely N-dealkylation sites (N-methyl/N-ethyl adjacent to an activating group) is 1. The van der Waals surface area contributed by atoms with Crippen molar-refractivity contribution >= 4 is 33.3 Å². The summed E-state index contributed by atoms with van der Waals surface area (Å²) in [6.45, 7) is 4.20. The molecule has 6 heteroatoms. The van der Waals surface area contributed by atoms with E-state index >= 15 is 0 Å². The van der Waals surface area contributed by atoms with Crippen LogP contribution < -0.4 is 5.32 Å². The normalized spacial score (nSPS) is 15.8. The molecule has 2 amide bonds. The van der Waals surface area contributed by atoms with Gasteiger partial charge in [-0.25, -0.2) is 4.79 Å². The minimum Gasteiger partial charge on any atom is -0.327 e. The number of amides is 2. The van der Waals surface area contributed by atoms with Gasteiger partial charge in [-0.1, -0.05) is 0 Å². The summed E-state index contributed by atoms with van der Waals surface area (Å²) in [5, 5.41) is 3.25. The second-order valence-electron chi connectivity index (χ2n) is 4.40. The number of hydrogen-bond acceptors (Lipinski definition) is 3. The molecule has 100 valence electrons. The van der Waals surface area contributed by atoms with Gasteiger partial charge in [-0.2, -0.15) is 0 Å². The van der Waals surface area contributed by atoms with Gasteiger partial charge >= 0.3 is 6.03 Å². The maximum absolute atomic E-state index is 12.1. The van der Waals surface area contributed by atoms with Crippen LogP contribution in [0, 0.1) is 0 Å². The van der Waals surface area contributed by atoms with Crippen molar-refractivity contribution in [3.05, 3.63) is 20.8 Å². The Balaban J connectivity index is 1.79. The third kappa shape index (κ3) is 3.70. The van der Waals surface area contributed by atoms with Gasteiger partial charge in [0.15, 0.2) is 0 Å². The van der Waals surface area contributed by atoms with Crippen molar-refractivity contribution in [3.63, 3.8) is 0 Å². The number of hydrogen-bond donors (Lipinski definition) is 1. The minimum atomic E-state index is 0.145. The van der Waals surface area contributed by atoms with Gasteiger partial charge in [0.2, 0.25) is 0 Å². The minimum absolute atomic E-state index is 0.145. The molecule has 1 aromatic rings. The lowest BCUT2D eigenvalue weighted by atomic mass is 10.3. The van der Waals surface area contributed by atoms with E-state index in [1.165, 1.54) is 4.88 Å². The quantitative estimate of drug-likeness (QED) is 0.919. The van der Waals surface area contributed by atoms with Gasteiger partial charge in [-0.3, -0.25) is 0 Å². The summed E-state index contributed by atoms with van der Waals surface area (Å²) in [5.41, 5.74) is 0. The Hall–Kier alpha value is -0.590. The molecule has 0 unspecified atom stereocenters. The highest BCUT2D eigenvalue weighted by molar-refractivity contribution is 9.11. The number of nitrogens with zero attached hydrogens (tertiary/aromatic N) is 2. The van der Waals surface area contributed by atoms with Gasteiger partial charge < -0.3 is 15.1 Å². The van der Waals surface area contributed by atoms with Crippen LogP contribution in [-0.2, 0) is 6.42 Å². The molecule has 4 nitrogen and oxygen atoms in total. The van der Waals surface area contributed by atoms with Gasteiger partial charge in [0, 0.05) is 44.6 Å². The third-order valence-corrected chi connectivity index (χ3v) is 4.72. The predicted molar refractivity (Wildman–Crippen MR) is 78.2 cm³/mol. The summed E-state index contributed by atoms with van der Waals surface area (Å²) in [4.78, 5) is 17.2. The highest BCUT2D eigenvalue weighted by Gasteiger charge is 2.19.